The average molecular weight is 215 g/mol. The van der Waals surface area contributed by atoms with Crippen LogP contribution in [0, 0.1) is 0 Å². The number of carbonyl (C=O) groups is 1. The summed E-state index contributed by atoms with van der Waals surface area (Å²) < 4.78 is 5.18. The number of aliphatic hydroxyl groups excluding tert-OH is 1. The van der Waals surface area contributed by atoms with Gasteiger partial charge >= 0.3 is 0 Å². The molecule has 1 aliphatic rings. The number of hydrogen-bond acceptors (Lipinski definition) is 3. The van der Waals surface area contributed by atoms with Crippen molar-refractivity contribution in [3.63, 3.8) is 0 Å². The van der Waals surface area contributed by atoms with E-state index in [2.05, 4.69) is 0 Å². The molecule has 1 fully saturated rings. The summed E-state index contributed by atoms with van der Waals surface area (Å²) in [5, 5.41) is 9.30. The molecule has 1 amide bonds. The van der Waals surface area contributed by atoms with Crippen LogP contribution >= 0.6 is 0 Å². The van der Waals surface area contributed by atoms with E-state index < -0.39 is 0 Å². The zero-order valence-electron chi connectivity index (χ0n) is 9.45. The van der Waals surface area contributed by atoms with Crippen LogP contribution in [0.2, 0.25) is 0 Å². The summed E-state index contributed by atoms with van der Waals surface area (Å²) in [7, 11) is 0. The van der Waals surface area contributed by atoms with Gasteiger partial charge in [0.1, 0.15) is 0 Å². The third-order valence-corrected chi connectivity index (χ3v) is 2.70. The van der Waals surface area contributed by atoms with Crippen LogP contribution in [0.1, 0.15) is 32.6 Å². The van der Waals surface area contributed by atoms with Crippen molar-refractivity contribution in [3.8, 4) is 0 Å². The Hall–Kier alpha value is -0.610. The third kappa shape index (κ3) is 4.62. The van der Waals surface area contributed by atoms with E-state index in [0.29, 0.717) is 32.7 Å². The van der Waals surface area contributed by atoms with Gasteiger partial charge in [-0.2, -0.15) is 0 Å². The van der Waals surface area contributed by atoms with Gasteiger partial charge in [-0.3, -0.25) is 4.79 Å². The fraction of sp³-hybridized carbons (Fsp3) is 0.909. The molecule has 15 heavy (non-hydrogen) atoms. The Labute approximate surface area is 91.2 Å². The molecule has 0 atom stereocenters. The van der Waals surface area contributed by atoms with Gasteiger partial charge in [0.15, 0.2) is 0 Å². The molecule has 0 radical (unpaired) electrons. The van der Waals surface area contributed by atoms with E-state index >= 15 is 0 Å². The number of nitrogens with zero attached hydrogens (tertiary/aromatic N) is 1. The van der Waals surface area contributed by atoms with E-state index in [-0.39, 0.29) is 12.0 Å². The number of aliphatic hydroxyl groups is 1. The van der Waals surface area contributed by atoms with Gasteiger partial charge in [-0.15, -0.1) is 0 Å². The summed E-state index contributed by atoms with van der Waals surface area (Å²) in [6.45, 7) is 4.74. The molecule has 1 heterocycles. The quantitative estimate of drug-likeness (QED) is 0.690. The largest absolute Gasteiger partial charge is 0.393 e. The average Bonchev–Trinajstić information content (AvgIpc) is 2.25. The number of ether oxygens (including phenoxy) is 1. The number of amides is 1. The summed E-state index contributed by atoms with van der Waals surface area (Å²) in [6.07, 6.45) is 2.59. The van der Waals surface area contributed by atoms with Gasteiger partial charge in [-0.25, -0.2) is 0 Å². The number of carbonyl (C=O) groups excluding carboxylic acids is 1. The van der Waals surface area contributed by atoms with Gasteiger partial charge in [0.2, 0.25) is 5.91 Å². The van der Waals surface area contributed by atoms with Crippen molar-refractivity contribution < 1.29 is 14.6 Å². The Morgan fingerprint density at radius 1 is 1.47 bits per heavy atom. The second kappa shape index (κ2) is 6.80. The normalized spacial score (nSPS) is 18.1. The second-order valence-electron chi connectivity index (χ2n) is 3.91. The lowest BCUT2D eigenvalue weighted by Crippen LogP contribution is -2.40. The van der Waals surface area contributed by atoms with Crippen molar-refractivity contribution >= 4 is 5.91 Å². The van der Waals surface area contributed by atoms with E-state index in [1.165, 1.54) is 0 Å². The van der Waals surface area contributed by atoms with Crippen LogP contribution in [0.25, 0.3) is 0 Å². The molecule has 4 nitrogen and oxygen atoms in total. The first-order chi connectivity index (χ1) is 7.24. The van der Waals surface area contributed by atoms with Gasteiger partial charge in [0.25, 0.3) is 0 Å². The summed E-state index contributed by atoms with van der Waals surface area (Å²) in [5.41, 5.74) is 0. The maximum absolute atomic E-state index is 11.7. The lowest BCUT2D eigenvalue weighted by molar-refractivity contribution is -0.133. The van der Waals surface area contributed by atoms with Crippen LogP contribution in [-0.4, -0.2) is 48.3 Å². The van der Waals surface area contributed by atoms with Crippen LogP contribution in [0.4, 0.5) is 0 Å². The van der Waals surface area contributed by atoms with Gasteiger partial charge in [0, 0.05) is 32.7 Å². The van der Waals surface area contributed by atoms with Crippen LogP contribution in [0.5, 0.6) is 0 Å². The van der Waals surface area contributed by atoms with Crippen LogP contribution < -0.4 is 0 Å². The Bertz CT molecular complexity index is 188. The standard InChI is InChI=1S/C11H21NO3/c1-2-15-9-3-4-11(14)12-7-5-10(13)6-8-12/h10,13H,2-9H2,1H3. The molecule has 1 aliphatic heterocycles. The van der Waals surface area contributed by atoms with Crippen molar-refractivity contribution in [1.29, 1.82) is 0 Å². The second-order valence-corrected chi connectivity index (χ2v) is 3.91. The van der Waals surface area contributed by atoms with E-state index in [4.69, 9.17) is 4.74 Å². The molecular formula is C11H21NO3. The predicted molar refractivity (Wildman–Crippen MR) is 57.5 cm³/mol. The fourth-order valence-electron chi connectivity index (χ4n) is 1.74. The van der Waals surface area contributed by atoms with Gasteiger partial charge < -0.3 is 14.7 Å². The van der Waals surface area contributed by atoms with E-state index in [1.807, 2.05) is 11.8 Å². The smallest absolute Gasteiger partial charge is 0.222 e. The summed E-state index contributed by atoms with van der Waals surface area (Å²) in [4.78, 5) is 13.5. The first kappa shape index (κ1) is 12.5. The summed E-state index contributed by atoms with van der Waals surface area (Å²) >= 11 is 0. The highest BCUT2D eigenvalue weighted by Gasteiger charge is 2.20. The molecule has 4 heteroatoms. The Morgan fingerprint density at radius 2 is 2.13 bits per heavy atom. The SMILES string of the molecule is CCOCCCC(=O)N1CCC(O)CC1. The molecule has 0 aliphatic carbocycles. The Kier molecular flexibility index (Phi) is 5.65. The zero-order chi connectivity index (χ0) is 11.1. The molecular weight excluding hydrogens is 194 g/mol. The van der Waals surface area contributed by atoms with E-state index in [9.17, 15) is 9.90 Å². The fourth-order valence-corrected chi connectivity index (χ4v) is 1.74. The minimum Gasteiger partial charge on any atom is -0.393 e. The van der Waals surface area contributed by atoms with Crippen LogP contribution in [-0.2, 0) is 9.53 Å². The number of rotatable bonds is 5. The van der Waals surface area contributed by atoms with Crippen molar-refractivity contribution in [2.75, 3.05) is 26.3 Å². The monoisotopic (exact) mass is 215 g/mol. The minimum atomic E-state index is -0.211. The molecule has 88 valence electrons. The number of hydrogen-bond donors (Lipinski definition) is 1. The molecule has 1 rings (SSSR count). The van der Waals surface area contributed by atoms with Crippen LogP contribution in [0.15, 0.2) is 0 Å². The topological polar surface area (TPSA) is 49.8 Å². The summed E-state index contributed by atoms with van der Waals surface area (Å²) in [5.74, 6) is 0.196. The Morgan fingerprint density at radius 3 is 2.73 bits per heavy atom. The molecule has 0 aromatic rings. The number of likely N-dealkylation sites (tertiary alicyclic amines) is 1. The van der Waals surface area contributed by atoms with Crippen molar-refractivity contribution in [3.05, 3.63) is 0 Å². The molecule has 0 unspecified atom stereocenters. The molecule has 0 saturated carbocycles. The zero-order valence-corrected chi connectivity index (χ0v) is 9.45. The third-order valence-electron chi connectivity index (χ3n) is 2.70. The lowest BCUT2D eigenvalue weighted by Gasteiger charge is -2.29. The maximum Gasteiger partial charge on any atom is 0.222 e. The van der Waals surface area contributed by atoms with Crippen molar-refractivity contribution in [2.24, 2.45) is 0 Å². The predicted octanol–water partition coefficient (Wildman–Crippen LogP) is 0.786. The van der Waals surface area contributed by atoms with Gasteiger partial charge in [-0.1, -0.05) is 0 Å². The first-order valence-corrected chi connectivity index (χ1v) is 5.77. The van der Waals surface area contributed by atoms with Gasteiger partial charge in [-0.05, 0) is 26.2 Å². The lowest BCUT2D eigenvalue weighted by atomic mass is 10.1. The maximum atomic E-state index is 11.7. The van der Waals surface area contributed by atoms with Crippen molar-refractivity contribution in [2.45, 2.75) is 38.7 Å². The molecule has 1 N–H and O–H groups in total. The summed E-state index contributed by atoms with van der Waals surface area (Å²) in [6, 6.07) is 0. The highest BCUT2D eigenvalue weighted by Crippen LogP contribution is 2.11. The highest BCUT2D eigenvalue weighted by molar-refractivity contribution is 5.76. The molecule has 0 spiro atoms. The Balaban J connectivity index is 2.11. The molecule has 0 aromatic carbocycles. The van der Waals surface area contributed by atoms with Crippen molar-refractivity contribution in [1.82, 2.24) is 4.90 Å². The van der Waals surface area contributed by atoms with Crippen LogP contribution in [0.3, 0.4) is 0 Å². The van der Waals surface area contributed by atoms with E-state index in [0.717, 1.165) is 19.3 Å². The molecule has 0 aromatic heterocycles. The van der Waals surface area contributed by atoms with E-state index in [1.54, 1.807) is 0 Å². The first-order valence-electron chi connectivity index (χ1n) is 5.77. The van der Waals surface area contributed by atoms with Gasteiger partial charge in [0.05, 0.1) is 6.10 Å². The molecule has 0 bridgehead atoms. The molecule has 1 saturated heterocycles. The highest BCUT2D eigenvalue weighted by atomic mass is 16.5. The minimum absolute atomic E-state index is 0.196. The number of piperidine rings is 1.